The average molecular weight is 355 g/mol. The number of ether oxygens (including phenoxy) is 1. The van der Waals surface area contributed by atoms with Crippen molar-refractivity contribution in [3.05, 3.63) is 78.1 Å². The first-order valence-electron chi connectivity index (χ1n) is 7.69. The molecule has 0 aliphatic rings. The molecule has 0 saturated carbocycles. The first-order chi connectivity index (χ1) is 12.6. The second-order valence-corrected chi connectivity index (χ2v) is 5.34. The van der Waals surface area contributed by atoms with Crippen LogP contribution in [0, 0.1) is 11.6 Å². The molecule has 0 atom stereocenters. The number of amides is 1. The van der Waals surface area contributed by atoms with Gasteiger partial charge < -0.3 is 15.4 Å². The molecule has 2 N–H and O–H groups in total. The van der Waals surface area contributed by atoms with E-state index in [0.717, 1.165) is 12.1 Å². The topological polar surface area (TPSA) is 63.2 Å². The number of methoxy groups -OCH3 is 1. The lowest BCUT2D eigenvalue weighted by Crippen LogP contribution is -2.13. The van der Waals surface area contributed by atoms with Crippen LogP contribution in [0.5, 0.6) is 5.75 Å². The third kappa shape index (κ3) is 3.77. The average Bonchev–Trinajstić information content (AvgIpc) is 2.65. The Kier molecular flexibility index (Phi) is 5.07. The molecule has 1 heterocycles. The number of pyridine rings is 1. The summed E-state index contributed by atoms with van der Waals surface area (Å²) in [6.07, 6.45) is 2.72. The number of carbonyl (C=O) groups excluding carboxylic acids is 1. The van der Waals surface area contributed by atoms with E-state index >= 15 is 0 Å². The first-order valence-corrected chi connectivity index (χ1v) is 7.69. The summed E-state index contributed by atoms with van der Waals surface area (Å²) in [7, 11) is 1.50. The number of anilines is 3. The molecule has 0 unspecified atom stereocenters. The zero-order valence-corrected chi connectivity index (χ0v) is 13.8. The van der Waals surface area contributed by atoms with Gasteiger partial charge in [0.25, 0.3) is 5.91 Å². The molecular formula is C19H15F2N3O2. The summed E-state index contributed by atoms with van der Waals surface area (Å²) in [6, 6.07) is 11.9. The van der Waals surface area contributed by atoms with Gasteiger partial charge in [-0.15, -0.1) is 0 Å². The van der Waals surface area contributed by atoms with Crippen LogP contribution in [-0.4, -0.2) is 18.0 Å². The normalized spacial score (nSPS) is 10.3. The zero-order valence-electron chi connectivity index (χ0n) is 13.8. The highest BCUT2D eigenvalue weighted by Gasteiger charge is 2.12. The molecule has 1 amide bonds. The minimum Gasteiger partial charge on any atom is -0.495 e. The highest BCUT2D eigenvalue weighted by molar-refractivity contribution is 6.05. The third-order valence-electron chi connectivity index (χ3n) is 3.59. The Morgan fingerprint density at radius 3 is 2.50 bits per heavy atom. The van der Waals surface area contributed by atoms with Gasteiger partial charge in [0.15, 0.2) is 0 Å². The molecule has 3 rings (SSSR count). The summed E-state index contributed by atoms with van der Waals surface area (Å²) >= 11 is 0. The van der Waals surface area contributed by atoms with E-state index in [1.807, 2.05) is 0 Å². The number of nitrogens with one attached hydrogen (secondary N) is 2. The van der Waals surface area contributed by atoms with E-state index in [9.17, 15) is 13.6 Å². The molecule has 0 aliphatic carbocycles. The van der Waals surface area contributed by atoms with Crippen LogP contribution in [0.3, 0.4) is 0 Å². The summed E-state index contributed by atoms with van der Waals surface area (Å²) in [5, 5.41) is 5.32. The van der Waals surface area contributed by atoms with Crippen molar-refractivity contribution in [1.82, 2.24) is 4.98 Å². The quantitative estimate of drug-likeness (QED) is 0.714. The van der Waals surface area contributed by atoms with Gasteiger partial charge in [-0.3, -0.25) is 9.78 Å². The maximum Gasteiger partial charge on any atom is 0.257 e. The fourth-order valence-corrected chi connectivity index (χ4v) is 2.34. The molecule has 1 aromatic heterocycles. The molecule has 0 saturated heterocycles. The Labute approximate surface area is 148 Å². The van der Waals surface area contributed by atoms with Crippen LogP contribution in [0.25, 0.3) is 0 Å². The molecule has 2 aromatic carbocycles. The smallest absolute Gasteiger partial charge is 0.257 e. The number of para-hydroxylation sites is 3. The van der Waals surface area contributed by atoms with Crippen LogP contribution >= 0.6 is 0 Å². The lowest BCUT2D eigenvalue weighted by molar-refractivity contribution is 0.102. The standard InChI is InChI=1S/C19H15F2N3O2/c1-26-17-8-3-2-7-16(17)24-19(25)12-9-13(11-22-10-12)23-18-14(20)5-4-6-15(18)21/h2-11,23H,1H3,(H,24,25). The van der Waals surface area contributed by atoms with Crippen molar-refractivity contribution in [2.45, 2.75) is 0 Å². The summed E-state index contributed by atoms with van der Waals surface area (Å²) in [5.41, 5.74) is 0.689. The van der Waals surface area contributed by atoms with Crippen molar-refractivity contribution in [1.29, 1.82) is 0 Å². The van der Waals surface area contributed by atoms with Crippen LogP contribution in [0.2, 0.25) is 0 Å². The van der Waals surface area contributed by atoms with Crippen LogP contribution in [0.15, 0.2) is 60.9 Å². The Hall–Kier alpha value is -3.48. The Morgan fingerprint density at radius 1 is 1.04 bits per heavy atom. The van der Waals surface area contributed by atoms with Crippen molar-refractivity contribution in [2.24, 2.45) is 0 Å². The SMILES string of the molecule is COc1ccccc1NC(=O)c1cncc(Nc2c(F)cccc2F)c1. The van der Waals surface area contributed by atoms with Crippen molar-refractivity contribution in [2.75, 3.05) is 17.7 Å². The van der Waals surface area contributed by atoms with Gasteiger partial charge in [0.05, 0.1) is 30.2 Å². The van der Waals surface area contributed by atoms with E-state index in [4.69, 9.17) is 4.74 Å². The van der Waals surface area contributed by atoms with E-state index in [-0.39, 0.29) is 16.9 Å². The monoisotopic (exact) mass is 355 g/mol. The van der Waals surface area contributed by atoms with Crippen molar-refractivity contribution in [3.63, 3.8) is 0 Å². The van der Waals surface area contributed by atoms with Gasteiger partial charge in [-0.05, 0) is 30.3 Å². The Balaban J connectivity index is 1.82. The zero-order chi connectivity index (χ0) is 18.5. The van der Waals surface area contributed by atoms with Crippen LogP contribution in [-0.2, 0) is 0 Å². The maximum atomic E-state index is 13.8. The van der Waals surface area contributed by atoms with Crippen molar-refractivity contribution >= 4 is 23.0 Å². The van der Waals surface area contributed by atoms with Gasteiger partial charge in [0, 0.05) is 6.20 Å². The van der Waals surface area contributed by atoms with E-state index in [1.54, 1.807) is 24.3 Å². The lowest BCUT2D eigenvalue weighted by atomic mass is 10.2. The Morgan fingerprint density at radius 2 is 1.77 bits per heavy atom. The Bertz CT molecular complexity index is 927. The number of nitrogens with zero attached hydrogens (tertiary/aromatic N) is 1. The van der Waals surface area contributed by atoms with Gasteiger partial charge in [-0.25, -0.2) is 8.78 Å². The number of hydrogen-bond acceptors (Lipinski definition) is 4. The number of hydrogen-bond donors (Lipinski definition) is 2. The molecule has 3 aromatic rings. The summed E-state index contributed by atoms with van der Waals surface area (Å²) in [4.78, 5) is 16.4. The van der Waals surface area contributed by atoms with Gasteiger partial charge in [0.2, 0.25) is 0 Å². The lowest BCUT2D eigenvalue weighted by Gasteiger charge is -2.11. The van der Waals surface area contributed by atoms with E-state index < -0.39 is 17.5 Å². The van der Waals surface area contributed by atoms with Crippen LogP contribution in [0.1, 0.15) is 10.4 Å². The highest BCUT2D eigenvalue weighted by Crippen LogP contribution is 2.25. The number of aromatic nitrogens is 1. The van der Waals surface area contributed by atoms with Gasteiger partial charge in [-0.2, -0.15) is 0 Å². The fourth-order valence-electron chi connectivity index (χ4n) is 2.34. The second kappa shape index (κ2) is 7.60. The predicted molar refractivity (Wildman–Crippen MR) is 94.8 cm³/mol. The number of carbonyl (C=O) groups is 1. The van der Waals surface area contributed by atoms with Gasteiger partial charge in [0.1, 0.15) is 23.1 Å². The highest BCUT2D eigenvalue weighted by atomic mass is 19.1. The number of rotatable bonds is 5. The molecule has 0 bridgehead atoms. The molecule has 0 aliphatic heterocycles. The number of benzene rings is 2. The summed E-state index contributed by atoms with van der Waals surface area (Å²) < 4.78 is 32.7. The summed E-state index contributed by atoms with van der Waals surface area (Å²) in [6.45, 7) is 0. The minimum absolute atomic E-state index is 0.220. The van der Waals surface area contributed by atoms with E-state index in [2.05, 4.69) is 15.6 Å². The molecule has 0 radical (unpaired) electrons. The molecule has 132 valence electrons. The van der Waals surface area contributed by atoms with E-state index in [1.165, 1.54) is 31.6 Å². The molecule has 0 spiro atoms. The largest absolute Gasteiger partial charge is 0.495 e. The predicted octanol–water partition coefficient (Wildman–Crippen LogP) is 4.36. The molecule has 0 fully saturated rings. The maximum absolute atomic E-state index is 13.8. The minimum atomic E-state index is -0.742. The number of halogens is 2. The second-order valence-electron chi connectivity index (χ2n) is 5.34. The van der Waals surface area contributed by atoms with E-state index in [0.29, 0.717) is 11.4 Å². The van der Waals surface area contributed by atoms with Crippen LogP contribution < -0.4 is 15.4 Å². The van der Waals surface area contributed by atoms with Gasteiger partial charge >= 0.3 is 0 Å². The first kappa shape index (κ1) is 17.3. The third-order valence-corrected chi connectivity index (χ3v) is 3.59. The van der Waals surface area contributed by atoms with Crippen molar-refractivity contribution < 1.29 is 18.3 Å². The fraction of sp³-hybridized carbons (Fsp3) is 0.0526. The molecule has 5 nitrogen and oxygen atoms in total. The van der Waals surface area contributed by atoms with Crippen molar-refractivity contribution in [3.8, 4) is 5.75 Å². The molecule has 7 heteroatoms. The molecule has 26 heavy (non-hydrogen) atoms. The van der Waals surface area contributed by atoms with Crippen LogP contribution in [0.4, 0.5) is 25.8 Å². The summed E-state index contributed by atoms with van der Waals surface area (Å²) in [5.74, 6) is -1.40. The molecular weight excluding hydrogens is 340 g/mol. The van der Waals surface area contributed by atoms with Gasteiger partial charge in [-0.1, -0.05) is 18.2 Å².